The van der Waals surface area contributed by atoms with Crippen LogP contribution in [0.1, 0.15) is 5.56 Å². The number of pyridine rings is 1. The first kappa shape index (κ1) is 15.0. The zero-order valence-electron chi connectivity index (χ0n) is 12.9. The van der Waals surface area contributed by atoms with Gasteiger partial charge in [0.05, 0.1) is 5.69 Å². The molecule has 0 radical (unpaired) electrons. The van der Waals surface area contributed by atoms with Crippen molar-refractivity contribution < 1.29 is 4.74 Å². The Morgan fingerprint density at radius 1 is 0.875 bits per heavy atom. The SMILES string of the molecule is Brc1ccc2nc(-c3ccc(OCc4ccccc4)cc3)cn2c1. The van der Waals surface area contributed by atoms with Crippen LogP contribution in [0.15, 0.2) is 83.6 Å². The lowest BCUT2D eigenvalue weighted by atomic mass is 10.1. The highest BCUT2D eigenvalue weighted by molar-refractivity contribution is 9.10. The van der Waals surface area contributed by atoms with Crippen molar-refractivity contribution in [1.82, 2.24) is 9.38 Å². The van der Waals surface area contributed by atoms with E-state index in [1.165, 1.54) is 0 Å². The van der Waals surface area contributed by atoms with E-state index < -0.39 is 0 Å². The van der Waals surface area contributed by atoms with Gasteiger partial charge in [0.2, 0.25) is 0 Å². The van der Waals surface area contributed by atoms with Crippen molar-refractivity contribution in [3.8, 4) is 17.0 Å². The van der Waals surface area contributed by atoms with Crippen LogP contribution in [-0.4, -0.2) is 9.38 Å². The van der Waals surface area contributed by atoms with Gasteiger partial charge in [0.25, 0.3) is 0 Å². The fourth-order valence-corrected chi connectivity index (χ4v) is 2.92. The summed E-state index contributed by atoms with van der Waals surface area (Å²) in [5.41, 5.74) is 4.11. The quantitative estimate of drug-likeness (QED) is 0.478. The Labute approximate surface area is 148 Å². The number of fused-ring (bicyclic) bond motifs is 1. The van der Waals surface area contributed by atoms with Gasteiger partial charge >= 0.3 is 0 Å². The zero-order chi connectivity index (χ0) is 16.4. The zero-order valence-corrected chi connectivity index (χ0v) is 14.5. The summed E-state index contributed by atoms with van der Waals surface area (Å²) in [6.45, 7) is 0.572. The molecule has 0 bridgehead atoms. The van der Waals surface area contributed by atoms with Crippen molar-refractivity contribution in [2.45, 2.75) is 6.61 Å². The Bertz CT molecular complexity index is 962. The van der Waals surface area contributed by atoms with Crippen LogP contribution in [0.3, 0.4) is 0 Å². The number of hydrogen-bond acceptors (Lipinski definition) is 2. The predicted molar refractivity (Wildman–Crippen MR) is 99.1 cm³/mol. The van der Waals surface area contributed by atoms with Gasteiger partial charge in [-0.2, -0.15) is 0 Å². The number of aromatic nitrogens is 2. The molecular weight excluding hydrogens is 364 g/mol. The highest BCUT2D eigenvalue weighted by atomic mass is 79.9. The molecule has 0 amide bonds. The first-order valence-corrected chi connectivity index (χ1v) is 8.49. The first-order valence-electron chi connectivity index (χ1n) is 7.69. The molecule has 0 aliphatic heterocycles. The Hall–Kier alpha value is -2.59. The topological polar surface area (TPSA) is 26.5 Å². The van der Waals surface area contributed by atoms with Crippen LogP contribution in [0, 0.1) is 0 Å². The Morgan fingerprint density at radius 3 is 2.46 bits per heavy atom. The standard InChI is InChI=1S/C20H15BrN2O/c21-17-8-11-20-22-19(13-23(20)12-17)16-6-9-18(10-7-16)24-14-15-4-2-1-3-5-15/h1-13H,14H2. The van der Waals surface area contributed by atoms with Gasteiger partial charge < -0.3 is 9.14 Å². The molecular formula is C20H15BrN2O. The van der Waals surface area contributed by atoms with E-state index in [0.29, 0.717) is 6.61 Å². The third-order valence-electron chi connectivity index (χ3n) is 3.81. The van der Waals surface area contributed by atoms with Crippen molar-refractivity contribution in [1.29, 1.82) is 0 Å². The van der Waals surface area contributed by atoms with E-state index in [9.17, 15) is 0 Å². The molecule has 0 atom stereocenters. The Balaban J connectivity index is 1.52. The minimum absolute atomic E-state index is 0.572. The molecule has 0 unspecified atom stereocenters. The summed E-state index contributed by atoms with van der Waals surface area (Å²) in [6.07, 6.45) is 4.03. The molecule has 2 heterocycles. The highest BCUT2D eigenvalue weighted by Gasteiger charge is 2.05. The molecule has 0 saturated heterocycles. The lowest BCUT2D eigenvalue weighted by Gasteiger charge is -2.06. The van der Waals surface area contributed by atoms with Gasteiger partial charge in [0.15, 0.2) is 0 Å². The van der Waals surface area contributed by atoms with Gasteiger partial charge in [-0.15, -0.1) is 0 Å². The average molecular weight is 379 g/mol. The number of hydrogen-bond donors (Lipinski definition) is 0. The van der Waals surface area contributed by atoms with E-state index in [1.807, 2.05) is 71.4 Å². The second-order valence-electron chi connectivity index (χ2n) is 5.54. The van der Waals surface area contributed by atoms with Crippen molar-refractivity contribution >= 4 is 21.6 Å². The molecule has 3 nitrogen and oxygen atoms in total. The van der Waals surface area contributed by atoms with Gasteiger partial charge in [-0.25, -0.2) is 4.98 Å². The number of rotatable bonds is 4. The molecule has 0 fully saturated rings. The summed E-state index contributed by atoms with van der Waals surface area (Å²) in [7, 11) is 0. The van der Waals surface area contributed by atoms with Crippen molar-refractivity contribution in [3.05, 3.63) is 89.2 Å². The summed E-state index contributed by atoms with van der Waals surface area (Å²) < 4.78 is 8.87. The number of benzene rings is 2. The number of imidazole rings is 1. The fourth-order valence-electron chi connectivity index (χ4n) is 2.57. The maximum absolute atomic E-state index is 5.83. The summed E-state index contributed by atoms with van der Waals surface area (Å²) >= 11 is 3.48. The Kier molecular flexibility index (Phi) is 4.05. The van der Waals surface area contributed by atoms with Crippen LogP contribution in [0.4, 0.5) is 0 Å². The molecule has 0 N–H and O–H groups in total. The number of halogens is 1. The molecule has 0 spiro atoms. The third kappa shape index (κ3) is 3.19. The molecule has 118 valence electrons. The molecule has 2 aromatic heterocycles. The minimum atomic E-state index is 0.572. The molecule has 4 aromatic rings. The molecule has 24 heavy (non-hydrogen) atoms. The molecule has 2 aromatic carbocycles. The monoisotopic (exact) mass is 378 g/mol. The lowest BCUT2D eigenvalue weighted by Crippen LogP contribution is -1.94. The van der Waals surface area contributed by atoms with Crippen molar-refractivity contribution in [2.24, 2.45) is 0 Å². The molecule has 0 saturated carbocycles. The van der Waals surface area contributed by atoms with Gasteiger partial charge in [-0.05, 0) is 57.9 Å². The lowest BCUT2D eigenvalue weighted by molar-refractivity contribution is 0.306. The van der Waals surface area contributed by atoms with E-state index in [2.05, 4.69) is 33.0 Å². The van der Waals surface area contributed by atoms with Crippen LogP contribution in [0.5, 0.6) is 5.75 Å². The summed E-state index contributed by atoms with van der Waals surface area (Å²) in [4.78, 5) is 4.65. The summed E-state index contributed by atoms with van der Waals surface area (Å²) in [5, 5.41) is 0. The van der Waals surface area contributed by atoms with E-state index >= 15 is 0 Å². The maximum atomic E-state index is 5.83. The molecule has 4 heteroatoms. The maximum Gasteiger partial charge on any atom is 0.137 e. The predicted octanol–water partition coefficient (Wildman–Crippen LogP) is 5.34. The summed E-state index contributed by atoms with van der Waals surface area (Å²) in [6, 6.07) is 22.2. The van der Waals surface area contributed by atoms with Crippen LogP contribution >= 0.6 is 15.9 Å². The average Bonchev–Trinajstić information content (AvgIpc) is 3.04. The van der Waals surface area contributed by atoms with Gasteiger partial charge in [0, 0.05) is 22.4 Å². The number of ether oxygens (including phenoxy) is 1. The Morgan fingerprint density at radius 2 is 1.67 bits per heavy atom. The third-order valence-corrected chi connectivity index (χ3v) is 4.28. The van der Waals surface area contributed by atoms with Gasteiger partial charge in [-0.3, -0.25) is 0 Å². The van der Waals surface area contributed by atoms with Gasteiger partial charge in [0.1, 0.15) is 18.0 Å². The largest absolute Gasteiger partial charge is 0.489 e. The molecule has 4 rings (SSSR count). The van der Waals surface area contributed by atoms with Crippen molar-refractivity contribution in [3.63, 3.8) is 0 Å². The van der Waals surface area contributed by atoms with E-state index in [-0.39, 0.29) is 0 Å². The van der Waals surface area contributed by atoms with Crippen LogP contribution in [0.25, 0.3) is 16.9 Å². The van der Waals surface area contributed by atoms with Crippen LogP contribution in [0.2, 0.25) is 0 Å². The van der Waals surface area contributed by atoms with Crippen LogP contribution in [-0.2, 0) is 6.61 Å². The van der Waals surface area contributed by atoms with Crippen molar-refractivity contribution in [2.75, 3.05) is 0 Å². The van der Waals surface area contributed by atoms with Crippen LogP contribution < -0.4 is 4.74 Å². The highest BCUT2D eigenvalue weighted by Crippen LogP contribution is 2.23. The minimum Gasteiger partial charge on any atom is -0.489 e. The molecule has 0 aliphatic rings. The smallest absolute Gasteiger partial charge is 0.137 e. The fraction of sp³-hybridized carbons (Fsp3) is 0.0500. The normalized spacial score (nSPS) is 10.9. The van der Waals surface area contributed by atoms with E-state index in [0.717, 1.165) is 32.7 Å². The van der Waals surface area contributed by atoms with E-state index in [1.54, 1.807) is 0 Å². The summed E-state index contributed by atoms with van der Waals surface area (Å²) in [5.74, 6) is 0.856. The molecule has 0 aliphatic carbocycles. The second-order valence-corrected chi connectivity index (χ2v) is 6.45. The van der Waals surface area contributed by atoms with Gasteiger partial charge in [-0.1, -0.05) is 30.3 Å². The first-order chi connectivity index (χ1) is 11.8. The van der Waals surface area contributed by atoms with E-state index in [4.69, 9.17) is 4.74 Å². The number of nitrogens with zero attached hydrogens (tertiary/aromatic N) is 2. The second kappa shape index (κ2) is 6.49.